The van der Waals surface area contributed by atoms with Crippen LogP contribution in [0.2, 0.25) is 0 Å². The van der Waals surface area contributed by atoms with Crippen LogP contribution in [-0.2, 0) is 4.79 Å². The molecule has 1 amide bonds. The molecule has 0 spiro atoms. The molecule has 0 radical (unpaired) electrons. The zero-order valence-electron chi connectivity index (χ0n) is 13.0. The summed E-state index contributed by atoms with van der Waals surface area (Å²) in [4.78, 5) is 22.9. The smallest absolute Gasteiger partial charge is 0.271 e. The Kier molecular flexibility index (Phi) is 5.75. The molecule has 0 saturated carbocycles. The van der Waals surface area contributed by atoms with Gasteiger partial charge in [0.25, 0.3) is 5.69 Å². The summed E-state index contributed by atoms with van der Waals surface area (Å²) < 4.78 is 18.7. The lowest BCUT2D eigenvalue weighted by Gasteiger charge is -2.14. The van der Waals surface area contributed by atoms with Gasteiger partial charge in [0.15, 0.2) is 0 Å². The van der Waals surface area contributed by atoms with Crippen LogP contribution in [0, 0.1) is 15.9 Å². The molecule has 1 N–H and O–H groups in total. The van der Waals surface area contributed by atoms with Gasteiger partial charge in [-0.25, -0.2) is 4.39 Å². The molecule has 0 unspecified atom stereocenters. The van der Waals surface area contributed by atoms with E-state index in [9.17, 15) is 19.3 Å². The van der Waals surface area contributed by atoms with Gasteiger partial charge in [0.05, 0.1) is 23.0 Å². The molecule has 0 aromatic heterocycles. The van der Waals surface area contributed by atoms with E-state index in [0.29, 0.717) is 10.6 Å². The molecule has 126 valence electrons. The lowest BCUT2D eigenvalue weighted by molar-refractivity contribution is -0.384. The fourth-order valence-electron chi connectivity index (χ4n) is 1.93. The Morgan fingerprint density at radius 3 is 2.67 bits per heavy atom. The van der Waals surface area contributed by atoms with Crippen LogP contribution in [0.25, 0.3) is 0 Å². The van der Waals surface area contributed by atoms with Gasteiger partial charge in [0, 0.05) is 17.0 Å². The third-order valence-electron chi connectivity index (χ3n) is 3.16. The summed E-state index contributed by atoms with van der Waals surface area (Å²) in [6.07, 6.45) is 0. The minimum Gasteiger partial charge on any atom is -0.495 e. The molecule has 0 saturated heterocycles. The van der Waals surface area contributed by atoms with Crippen LogP contribution < -0.4 is 10.1 Å². The molecule has 0 fully saturated rings. The zero-order valence-corrected chi connectivity index (χ0v) is 13.8. The van der Waals surface area contributed by atoms with Gasteiger partial charge in [0.1, 0.15) is 11.6 Å². The highest BCUT2D eigenvalue weighted by molar-refractivity contribution is 8.00. The van der Waals surface area contributed by atoms with Gasteiger partial charge < -0.3 is 10.1 Å². The Hall–Kier alpha value is -2.61. The van der Waals surface area contributed by atoms with Gasteiger partial charge in [-0.2, -0.15) is 0 Å². The van der Waals surface area contributed by atoms with Gasteiger partial charge in [-0.15, -0.1) is 11.8 Å². The Bertz CT molecular complexity index is 769. The minimum absolute atomic E-state index is 0.166. The molecule has 24 heavy (non-hydrogen) atoms. The second-order valence-electron chi connectivity index (χ2n) is 4.82. The van der Waals surface area contributed by atoms with Crippen LogP contribution in [0.3, 0.4) is 0 Å². The van der Waals surface area contributed by atoms with Crippen molar-refractivity contribution in [3.05, 3.63) is 58.4 Å². The molecule has 0 aliphatic carbocycles. The molecular weight excluding hydrogens is 335 g/mol. The molecule has 8 heteroatoms. The molecule has 6 nitrogen and oxygen atoms in total. The first-order valence-corrected chi connectivity index (χ1v) is 7.85. The van der Waals surface area contributed by atoms with Crippen molar-refractivity contribution in [3.63, 3.8) is 0 Å². The first-order valence-electron chi connectivity index (χ1n) is 6.97. The van der Waals surface area contributed by atoms with Crippen LogP contribution in [0.4, 0.5) is 15.8 Å². The topological polar surface area (TPSA) is 81.5 Å². The fraction of sp³-hybridized carbons (Fsp3) is 0.188. The van der Waals surface area contributed by atoms with Gasteiger partial charge in [-0.3, -0.25) is 14.9 Å². The number of benzene rings is 2. The summed E-state index contributed by atoms with van der Waals surface area (Å²) in [6, 6.07) is 10.1. The van der Waals surface area contributed by atoms with Crippen LogP contribution >= 0.6 is 11.8 Å². The van der Waals surface area contributed by atoms with Gasteiger partial charge in [-0.1, -0.05) is 12.1 Å². The maximum absolute atomic E-state index is 13.7. The highest BCUT2D eigenvalue weighted by atomic mass is 32.2. The predicted molar refractivity (Wildman–Crippen MR) is 90.0 cm³/mol. The van der Waals surface area contributed by atoms with E-state index < -0.39 is 21.9 Å². The second kappa shape index (κ2) is 7.78. The molecule has 0 bridgehead atoms. The zero-order chi connectivity index (χ0) is 17.7. The first-order chi connectivity index (χ1) is 11.4. The third-order valence-corrected chi connectivity index (χ3v) is 4.31. The van der Waals surface area contributed by atoms with E-state index in [1.54, 1.807) is 25.1 Å². The number of thioether (sulfide) groups is 1. The number of nitro groups is 1. The van der Waals surface area contributed by atoms with Crippen molar-refractivity contribution >= 4 is 29.0 Å². The standard InChI is InChI=1S/C16H15FN2O4S/c1-10(24-15-6-4-3-5-12(15)17)16(20)18-13-9-11(19(21)22)7-8-14(13)23-2/h3-10H,1-2H3,(H,18,20)/t10-/m1/s1. The largest absolute Gasteiger partial charge is 0.495 e. The number of rotatable bonds is 6. The number of carbonyl (C=O) groups excluding carboxylic acids is 1. The number of non-ortho nitro benzene ring substituents is 1. The SMILES string of the molecule is COc1ccc([N+](=O)[O-])cc1NC(=O)[C@@H](C)Sc1ccccc1F. The molecule has 2 aromatic carbocycles. The number of hydrogen-bond donors (Lipinski definition) is 1. The van der Waals surface area contributed by atoms with Crippen molar-refractivity contribution in [2.24, 2.45) is 0 Å². The molecule has 0 aliphatic heterocycles. The van der Waals surface area contributed by atoms with E-state index in [-0.39, 0.29) is 11.4 Å². The summed E-state index contributed by atoms with van der Waals surface area (Å²) in [6.45, 7) is 1.62. The van der Waals surface area contributed by atoms with Crippen molar-refractivity contribution in [2.75, 3.05) is 12.4 Å². The molecule has 2 aromatic rings. The number of amides is 1. The van der Waals surface area contributed by atoms with Gasteiger partial charge >= 0.3 is 0 Å². The van der Waals surface area contributed by atoms with Gasteiger partial charge in [0.2, 0.25) is 5.91 Å². The van der Waals surface area contributed by atoms with Crippen molar-refractivity contribution in [2.45, 2.75) is 17.1 Å². The first kappa shape index (κ1) is 17.7. The third kappa shape index (κ3) is 4.23. The Balaban J connectivity index is 2.15. The molecule has 1 atom stereocenters. The monoisotopic (exact) mass is 350 g/mol. The van der Waals surface area contributed by atoms with E-state index in [2.05, 4.69) is 5.32 Å². The van der Waals surface area contributed by atoms with E-state index in [0.717, 1.165) is 11.8 Å². The number of ether oxygens (including phenoxy) is 1. The summed E-state index contributed by atoms with van der Waals surface area (Å²) >= 11 is 1.06. The van der Waals surface area contributed by atoms with Crippen LogP contribution in [0.15, 0.2) is 47.4 Å². The number of carbonyl (C=O) groups is 1. The molecule has 0 heterocycles. The average Bonchev–Trinajstić information content (AvgIpc) is 2.56. The number of nitro benzene ring substituents is 1. The van der Waals surface area contributed by atoms with Crippen LogP contribution in [0.5, 0.6) is 5.75 Å². The number of nitrogens with zero attached hydrogens (tertiary/aromatic N) is 1. The number of methoxy groups -OCH3 is 1. The molecule has 2 rings (SSSR count). The van der Waals surface area contributed by atoms with Crippen LogP contribution in [-0.4, -0.2) is 23.2 Å². The number of anilines is 1. The lowest BCUT2D eigenvalue weighted by atomic mass is 10.2. The Morgan fingerprint density at radius 1 is 1.33 bits per heavy atom. The Labute approximate surface area is 142 Å². The number of halogens is 1. The van der Waals surface area contributed by atoms with E-state index >= 15 is 0 Å². The lowest BCUT2D eigenvalue weighted by Crippen LogP contribution is -2.22. The molecular formula is C16H15FN2O4S. The summed E-state index contributed by atoms with van der Waals surface area (Å²) in [5.41, 5.74) is 0.0261. The van der Waals surface area contributed by atoms with Crippen LogP contribution in [0.1, 0.15) is 6.92 Å². The summed E-state index contributed by atoms with van der Waals surface area (Å²) in [5, 5.41) is 12.8. The Morgan fingerprint density at radius 2 is 2.04 bits per heavy atom. The van der Waals surface area contributed by atoms with Crippen molar-refractivity contribution < 1.29 is 18.8 Å². The highest BCUT2D eigenvalue weighted by Gasteiger charge is 2.19. The quantitative estimate of drug-likeness (QED) is 0.486. The predicted octanol–water partition coefficient (Wildman–Crippen LogP) is 3.86. The van der Waals surface area contributed by atoms with E-state index in [1.165, 1.54) is 31.4 Å². The number of hydrogen-bond acceptors (Lipinski definition) is 5. The maximum atomic E-state index is 13.7. The van der Waals surface area contributed by atoms with E-state index in [4.69, 9.17) is 4.74 Å². The number of nitrogens with one attached hydrogen (secondary N) is 1. The average molecular weight is 350 g/mol. The summed E-state index contributed by atoms with van der Waals surface area (Å²) in [5.74, 6) is -0.519. The van der Waals surface area contributed by atoms with Gasteiger partial charge in [-0.05, 0) is 25.1 Å². The highest BCUT2D eigenvalue weighted by Crippen LogP contribution is 2.31. The normalized spacial score (nSPS) is 11.6. The summed E-state index contributed by atoms with van der Waals surface area (Å²) in [7, 11) is 1.40. The maximum Gasteiger partial charge on any atom is 0.271 e. The van der Waals surface area contributed by atoms with Crippen molar-refractivity contribution in [3.8, 4) is 5.75 Å². The van der Waals surface area contributed by atoms with Crippen molar-refractivity contribution in [1.29, 1.82) is 0 Å². The second-order valence-corrected chi connectivity index (χ2v) is 6.20. The van der Waals surface area contributed by atoms with E-state index in [1.807, 2.05) is 0 Å². The van der Waals surface area contributed by atoms with Crippen molar-refractivity contribution in [1.82, 2.24) is 0 Å². The fourth-order valence-corrected chi connectivity index (χ4v) is 2.81. The molecule has 0 aliphatic rings. The minimum atomic E-state index is -0.606.